The van der Waals surface area contributed by atoms with Gasteiger partial charge < -0.3 is 5.32 Å². The van der Waals surface area contributed by atoms with Crippen LogP contribution >= 0.6 is 11.6 Å². The number of halogens is 1. The minimum Gasteiger partial charge on any atom is -0.345 e. The molecule has 2 aromatic carbocycles. The van der Waals surface area contributed by atoms with Gasteiger partial charge >= 0.3 is 0 Å². The Morgan fingerprint density at radius 3 is 2.44 bits per heavy atom. The van der Waals surface area contributed by atoms with E-state index in [2.05, 4.69) is 5.32 Å². The summed E-state index contributed by atoms with van der Waals surface area (Å²) in [4.78, 5) is 24.7. The van der Waals surface area contributed by atoms with Crippen molar-refractivity contribution in [3.05, 3.63) is 64.7 Å². The van der Waals surface area contributed by atoms with Crippen molar-refractivity contribution < 1.29 is 18.0 Å². The molecule has 1 heterocycles. The van der Waals surface area contributed by atoms with Crippen LogP contribution in [0.4, 0.5) is 5.69 Å². The Morgan fingerprint density at radius 2 is 1.89 bits per heavy atom. The molecule has 0 saturated carbocycles. The van der Waals surface area contributed by atoms with Crippen LogP contribution in [0.2, 0.25) is 5.02 Å². The van der Waals surface area contributed by atoms with Gasteiger partial charge in [-0.3, -0.25) is 9.59 Å². The molecule has 0 aliphatic carbocycles. The molecule has 3 rings (SSSR count). The molecule has 2 amide bonds. The van der Waals surface area contributed by atoms with Gasteiger partial charge in [0.05, 0.1) is 34.0 Å². The number of nitrogens with zero attached hydrogens (tertiary/aromatic N) is 1. The number of rotatable bonds is 4. The molecule has 1 aliphatic rings. The van der Waals surface area contributed by atoms with E-state index in [4.69, 9.17) is 11.6 Å². The number of hydrogen-bond acceptors (Lipinski definition) is 4. The molecule has 1 aliphatic heterocycles. The van der Waals surface area contributed by atoms with Crippen LogP contribution in [0.25, 0.3) is 0 Å². The highest BCUT2D eigenvalue weighted by Gasteiger charge is 2.42. The fourth-order valence-electron chi connectivity index (χ4n) is 3.00. The standard InChI is InChI=1S/C19H19ClN2O4S/c1-12-11-27(25,26)22(19(12)24)15-8-9-16(17(20)10-15)18(23)21-13(2)14-6-4-3-5-7-14/h3-10,12-13H,11H2,1-2H3,(H,21,23). The topological polar surface area (TPSA) is 83.6 Å². The summed E-state index contributed by atoms with van der Waals surface area (Å²) in [5, 5.41) is 2.93. The number of anilines is 1. The molecule has 142 valence electrons. The highest BCUT2D eigenvalue weighted by atomic mass is 35.5. The second kappa shape index (κ2) is 7.32. The third-order valence-corrected chi connectivity index (χ3v) is 6.62. The summed E-state index contributed by atoms with van der Waals surface area (Å²) < 4.78 is 25.2. The highest BCUT2D eigenvalue weighted by Crippen LogP contribution is 2.31. The van der Waals surface area contributed by atoms with E-state index in [9.17, 15) is 18.0 Å². The summed E-state index contributed by atoms with van der Waals surface area (Å²) >= 11 is 6.22. The average Bonchev–Trinajstić information content (AvgIpc) is 2.82. The SMILES string of the molecule is CC1CS(=O)(=O)N(c2ccc(C(=O)NC(C)c3ccccc3)c(Cl)c2)C1=O. The van der Waals surface area contributed by atoms with Gasteiger partial charge in [-0.2, -0.15) is 0 Å². The van der Waals surface area contributed by atoms with Gasteiger partial charge in [-0.15, -0.1) is 0 Å². The van der Waals surface area contributed by atoms with Gasteiger partial charge in [0.25, 0.3) is 5.91 Å². The van der Waals surface area contributed by atoms with Crippen molar-refractivity contribution in [3.63, 3.8) is 0 Å². The lowest BCUT2D eigenvalue weighted by atomic mass is 10.1. The highest BCUT2D eigenvalue weighted by molar-refractivity contribution is 7.94. The molecule has 6 nitrogen and oxygen atoms in total. The maximum atomic E-state index is 12.5. The minimum atomic E-state index is -3.72. The summed E-state index contributed by atoms with van der Waals surface area (Å²) in [5.74, 6) is -1.73. The number of carbonyl (C=O) groups is 2. The molecular formula is C19H19ClN2O4S. The first-order valence-corrected chi connectivity index (χ1v) is 10.4. The number of amides is 2. The smallest absolute Gasteiger partial charge is 0.253 e. The van der Waals surface area contributed by atoms with Gasteiger partial charge in [0, 0.05) is 0 Å². The fourth-order valence-corrected chi connectivity index (χ4v) is 5.07. The average molecular weight is 407 g/mol. The van der Waals surface area contributed by atoms with Crippen molar-refractivity contribution >= 4 is 39.1 Å². The van der Waals surface area contributed by atoms with Crippen LogP contribution < -0.4 is 9.62 Å². The molecule has 2 aromatic rings. The monoisotopic (exact) mass is 406 g/mol. The van der Waals surface area contributed by atoms with Crippen molar-refractivity contribution in [3.8, 4) is 0 Å². The predicted molar refractivity (Wildman–Crippen MR) is 104 cm³/mol. The van der Waals surface area contributed by atoms with Gasteiger partial charge in [0.1, 0.15) is 0 Å². The lowest BCUT2D eigenvalue weighted by molar-refractivity contribution is -0.119. The Morgan fingerprint density at radius 1 is 1.22 bits per heavy atom. The van der Waals surface area contributed by atoms with Crippen LogP contribution in [0.1, 0.15) is 35.8 Å². The Balaban J connectivity index is 1.83. The number of sulfonamides is 1. The first-order chi connectivity index (χ1) is 12.7. The molecular weight excluding hydrogens is 388 g/mol. The predicted octanol–water partition coefficient (Wildman–Crippen LogP) is 3.14. The molecule has 0 aromatic heterocycles. The Hall–Kier alpha value is -2.38. The van der Waals surface area contributed by atoms with E-state index in [1.165, 1.54) is 18.2 Å². The second-order valence-electron chi connectivity index (χ2n) is 6.55. The zero-order chi connectivity index (χ0) is 19.8. The Bertz CT molecular complexity index is 992. The third kappa shape index (κ3) is 3.84. The number of hydrogen-bond donors (Lipinski definition) is 1. The summed E-state index contributed by atoms with van der Waals surface area (Å²) in [6.45, 7) is 3.42. The number of carbonyl (C=O) groups excluding carboxylic acids is 2. The largest absolute Gasteiger partial charge is 0.345 e. The first-order valence-electron chi connectivity index (χ1n) is 8.43. The van der Waals surface area contributed by atoms with E-state index in [1.54, 1.807) is 6.92 Å². The molecule has 27 heavy (non-hydrogen) atoms. The van der Waals surface area contributed by atoms with E-state index in [0.29, 0.717) is 0 Å². The first kappa shape index (κ1) is 19.4. The van der Waals surface area contributed by atoms with Crippen LogP contribution in [0, 0.1) is 5.92 Å². The third-order valence-electron chi connectivity index (χ3n) is 4.44. The summed E-state index contributed by atoms with van der Waals surface area (Å²) in [7, 11) is -3.72. The normalized spacial score (nSPS) is 19.7. The molecule has 0 bridgehead atoms. The van der Waals surface area contributed by atoms with Crippen LogP contribution in [0.5, 0.6) is 0 Å². The zero-order valence-electron chi connectivity index (χ0n) is 14.8. The van der Waals surface area contributed by atoms with Crippen molar-refractivity contribution in [1.29, 1.82) is 0 Å². The summed E-state index contributed by atoms with van der Waals surface area (Å²) in [6.07, 6.45) is 0. The van der Waals surface area contributed by atoms with Gasteiger partial charge in [-0.1, -0.05) is 48.9 Å². The van der Waals surface area contributed by atoms with E-state index in [0.717, 1.165) is 9.87 Å². The molecule has 0 radical (unpaired) electrons. The fraction of sp³-hybridized carbons (Fsp3) is 0.263. The number of benzene rings is 2. The molecule has 1 saturated heterocycles. The second-order valence-corrected chi connectivity index (χ2v) is 8.82. The quantitative estimate of drug-likeness (QED) is 0.845. The van der Waals surface area contributed by atoms with E-state index >= 15 is 0 Å². The zero-order valence-corrected chi connectivity index (χ0v) is 16.4. The van der Waals surface area contributed by atoms with E-state index in [-0.39, 0.29) is 34.0 Å². The maximum absolute atomic E-state index is 12.5. The van der Waals surface area contributed by atoms with Crippen molar-refractivity contribution in [2.24, 2.45) is 5.92 Å². The van der Waals surface area contributed by atoms with Gasteiger partial charge in [0.2, 0.25) is 15.9 Å². The minimum absolute atomic E-state index is 0.0767. The van der Waals surface area contributed by atoms with Crippen LogP contribution in [0.15, 0.2) is 48.5 Å². The molecule has 1 N–H and O–H groups in total. The van der Waals surface area contributed by atoms with Gasteiger partial charge in [0.15, 0.2) is 0 Å². The lowest BCUT2D eigenvalue weighted by Crippen LogP contribution is -2.30. The van der Waals surface area contributed by atoms with Crippen molar-refractivity contribution in [1.82, 2.24) is 5.32 Å². The van der Waals surface area contributed by atoms with Gasteiger partial charge in [-0.25, -0.2) is 12.7 Å². The molecule has 0 spiro atoms. The molecule has 8 heteroatoms. The molecule has 2 atom stereocenters. The molecule has 2 unspecified atom stereocenters. The van der Waals surface area contributed by atoms with Crippen molar-refractivity contribution in [2.75, 3.05) is 10.1 Å². The number of nitrogens with one attached hydrogen (secondary N) is 1. The Kier molecular flexibility index (Phi) is 5.26. The van der Waals surface area contributed by atoms with E-state index in [1.807, 2.05) is 37.3 Å². The van der Waals surface area contributed by atoms with Crippen LogP contribution in [-0.4, -0.2) is 26.0 Å². The summed E-state index contributed by atoms with van der Waals surface area (Å²) in [6, 6.07) is 13.4. The van der Waals surface area contributed by atoms with Crippen LogP contribution in [-0.2, 0) is 14.8 Å². The summed E-state index contributed by atoms with van der Waals surface area (Å²) in [5.41, 5.74) is 1.30. The van der Waals surface area contributed by atoms with Gasteiger partial charge in [-0.05, 0) is 30.7 Å². The maximum Gasteiger partial charge on any atom is 0.253 e. The van der Waals surface area contributed by atoms with Crippen molar-refractivity contribution in [2.45, 2.75) is 19.9 Å². The molecule has 1 fully saturated rings. The van der Waals surface area contributed by atoms with Crippen LogP contribution in [0.3, 0.4) is 0 Å². The lowest BCUT2D eigenvalue weighted by Gasteiger charge is -2.18. The Labute approximate surface area is 163 Å². The van der Waals surface area contributed by atoms with E-state index < -0.39 is 21.8 Å².